The van der Waals surface area contributed by atoms with Gasteiger partial charge in [0.05, 0.1) is 33.5 Å². The van der Waals surface area contributed by atoms with Crippen LogP contribution in [0.4, 0.5) is 11.4 Å². The van der Waals surface area contributed by atoms with E-state index in [1.54, 1.807) is 49.4 Å². The van der Waals surface area contributed by atoms with Crippen LogP contribution < -0.4 is 9.62 Å². The minimum atomic E-state index is -4.01. The Labute approximate surface area is 210 Å². The fraction of sp³-hybridized carbons (Fsp3) is 0.130. The van der Waals surface area contributed by atoms with Crippen molar-refractivity contribution < 1.29 is 22.7 Å². The van der Waals surface area contributed by atoms with Gasteiger partial charge in [0.25, 0.3) is 10.0 Å². The van der Waals surface area contributed by atoms with Crippen LogP contribution in [0.3, 0.4) is 0 Å². The second-order valence-corrected chi connectivity index (χ2v) is 10.3. The molecular weight excluding hydrogens is 579 g/mol. The van der Waals surface area contributed by atoms with Crippen molar-refractivity contribution in [2.75, 3.05) is 22.8 Å². The van der Waals surface area contributed by atoms with Crippen LogP contribution in [0.15, 0.2) is 77.7 Å². The van der Waals surface area contributed by atoms with E-state index in [4.69, 9.17) is 16.3 Å². The number of esters is 1. The molecule has 1 N–H and O–H groups in total. The maximum Gasteiger partial charge on any atom is 0.338 e. The molecule has 172 valence electrons. The molecule has 10 heteroatoms. The van der Waals surface area contributed by atoms with E-state index >= 15 is 0 Å². The van der Waals surface area contributed by atoms with E-state index in [0.717, 1.165) is 7.88 Å². The van der Waals surface area contributed by atoms with Crippen molar-refractivity contribution in [3.8, 4) is 0 Å². The number of hydrogen-bond donors (Lipinski definition) is 1. The molecule has 0 saturated heterocycles. The predicted octanol–water partition coefficient (Wildman–Crippen LogP) is 4.96. The Morgan fingerprint density at radius 1 is 1.03 bits per heavy atom. The molecule has 0 fully saturated rings. The molecule has 0 aliphatic heterocycles. The molecule has 0 aromatic heterocycles. The van der Waals surface area contributed by atoms with Crippen LogP contribution in [0, 0.1) is 3.57 Å². The smallest absolute Gasteiger partial charge is 0.338 e. The molecule has 3 aromatic rings. The molecule has 3 aromatic carbocycles. The Hall–Kier alpha value is -2.63. The van der Waals surface area contributed by atoms with Crippen LogP contribution in [0.2, 0.25) is 5.02 Å². The summed E-state index contributed by atoms with van der Waals surface area (Å²) >= 11 is 8.33. The normalized spacial score (nSPS) is 11.0. The average molecular weight is 599 g/mol. The van der Waals surface area contributed by atoms with Crippen molar-refractivity contribution in [3.05, 3.63) is 87.0 Å². The van der Waals surface area contributed by atoms with E-state index in [9.17, 15) is 18.0 Å². The summed E-state index contributed by atoms with van der Waals surface area (Å²) in [6.07, 6.45) is 0. The van der Waals surface area contributed by atoms with E-state index in [2.05, 4.69) is 27.9 Å². The number of rotatable bonds is 8. The number of nitrogens with zero attached hydrogens (tertiary/aromatic N) is 1. The number of ether oxygens (including phenoxy) is 1. The molecule has 0 bridgehead atoms. The first-order valence-corrected chi connectivity index (χ1v) is 12.7. The monoisotopic (exact) mass is 598 g/mol. The Kier molecular flexibility index (Phi) is 8.33. The van der Waals surface area contributed by atoms with Gasteiger partial charge in [0.2, 0.25) is 5.91 Å². The highest BCUT2D eigenvalue weighted by atomic mass is 127. The molecule has 7 nitrogen and oxygen atoms in total. The van der Waals surface area contributed by atoms with Gasteiger partial charge in [-0.25, -0.2) is 13.2 Å². The Bertz CT molecular complexity index is 1250. The molecule has 0 radical (unpaired) electrons. The summed E-state index contributed by atoms with van der Waals surface area (Å²) in [4.78, 5) is 24.8. The van der Waals surface area contributed by atoms with Crippen LogP contribution in [-0.2, 0) is 19.6 Å². The van der Waals surface area contributed by atoms with Gasteiger partial charge in [-0.15, -0.1) is 0 Å². The Morgan fingerprint density at radius 3 is 2.30 bits per heavy atom. The van der Waals surface area contributed by atoms with E-state index in [1.165, 1.54) is 30.3 Å². The highest BCUT2D eigenvalue weighted by molar-refractivity contribution is 14.1. The molecular formula is C23H20ClIN2O5S. The molecule has 0 heterocycles. The lowest BCUT2D eigenvalue weighted by atomic mass is 10.2. The number of nitrogens with one attached hydrogen (secondary N) is 1. The SMILES string of the molecule is CCOC(=O)c1ccc(NC(=O)CN(c2ccc(I)cc2)S(=O)(=O)c2ccccc2)c(Cl)c1. The van der Waals surface area contributed by atoms with Crippen LogP contribution in [0.1, 0.15) is 17.3 Å². The number of amides is 1. The van der Waals surface area contributed by atoms with Crippen LogP contribution >= 0.6 is 34.2 Å². The first-order chi connectivity index (χ1) is 15.7. The number of benzene rings is 3. The maximum atomic E-state index is 13.3. The van der Waals surface area contributed by atoms with Gasteiger partial charge >= 0.3 is 5.97 Å². The molecule has 0 aliphatic rings. The number of halogens is 2. The van der Waals surface area contributed by atoms with Gasteiger partial charge in [-0.05, 0) is 84.1 Å². The molecule has 0 atom stereocenters. The summed E-state index contributed by atoms with van der Waals surface area (Å²) in [7, 11) is -4.01. The molecule has 0 aliphatic carbocycles. The second-order valence-electron chi connectivity index (χ2n) is 6.76. The highest BCUT2D eigenvalue weighted by Gasteiger charge is 2.27. The minimum Gasteiger partial charge on any atom is -0.462 e. The number of hydrogen-bond acceptors (Lipinski definition) is 5. The first-order valence-electron chi connectivity index (χ1n) is 9.82. The van der Waals surface area contributed by atoms with Crippen molar-refractivity contribution in [2.24, 2.45) is 0 Å². The summed E-state index contributed by atoms with van der Waals surface area (Å²) in [6, 6.07) is 19.0. The zero-order valence-electron chi connectivity index (χ0n) is 17.5. The summed E-state index contributed by atoms with van der Waals surface area (Å²) in [5, 5.41) is 2.74. The third-order valence-electron chi connectivity index (χ3n) is 4.49. The lowest BCUT2D eigenvalue weighted by molar-refractivity contribution is -0.114. The van der Waals surface area contributed by atoms with Crippen molar-refractivity contribution in [1.82, 2.24) is 0 Å². The topological polar surface area (TPSA) is 92.8 Å². The minimum absolute atomic E-state index is 0.0631. The number of sulfonamides is 1. The molecule has 33 heavy (non-hydrogen) atoms. The fourth-order valence-corrected chi connectivity index (χ4v) is 4.95. The van der Waals surface area contributed by atoms with Gasteiger partial charge in [-0.1, -0.05) is 29.8 Å². The fourth-order valence-electron chi connectivity index (χ4n) is 2.92. The molecule has 0 spiro atoms. The lowest BCUT2D eigenvalue weighted by Crippen LogP contribution is -2.38. The van der Waals surface area contributed by atoms with Gasteiger partial charge in [-0.3, -0.25) is 9.10 Å². The van der Waals surface area contributed by atoms with Crippen LogP contribution in [-0.4, -0.2) is 33.4 Å². The van der Waals surface area contributed by atoms with E-state index in [-0.39, 0.29) is 27.8 Å². The summed E-state index contributed by atoms with van der Waals surface area (Å²) in [5.41, 5.74) is 0.833. The Morgan fingerprint density at radius 2 is 1.70 bits per heavy atom. The van der Waals surface area contributed by atoms with Gasteiger partial charge in [0.15, 0.2) is 0 Å². The number of anilines is 2. The van der Waals surface area contributed by atoms with Crippen molar-refractivity contribution >= 4 is 67.5 Å². The van der Waals surface area contributed by atoms with Crippen molar-refractivity contribution in [3.63, 3.8) is 0 Å². The highest BCUT2D eigenvalue weighted by Crippen LogP contribution is 2.26. The summed E-state index contributed by atoms with van der Waals surface area (Å²) in [6.45, 7) is 1.43. The molecule has 3 rings (SSSR count). The third-order valence-corrected chi connectivity index (χ3v) is 7.31. The van der Waals surface area contributed by atoms with Gasteiger partial charge in [0, 0.05) is 3.57 Å². The third kappa shape index (κ3) is 6.24. The zero-order valence-corrected chi connectivity index (χ0v) is 21.2. The van der Waals surface area contributed by atoms with E-state index < -0.39 is 28.4 Å². The van der Waals surface area contributed by atoms with E-state index in [0.29, 0.717) is 5.69 Å². The number of carbonyl (C=O) groups excluding carboxylic acids is 2. The van der Waals surface area contributed by atoms with Gasteiger partial charge in [-0.2, -0.15) is 0 Å². The predicted molar refractivity (Wildman–Crippen MR) is 136 cm³/mol. The maximum absolute atomic E-state index is 13.3. The van der Waals surface area contributed by atoms with E-state index in [1.807, 2.05) is 0 Å². The largest absolute Gasteiger partial charge is 0.462 e. The lowest BCUT2D eigenvalue weighted by Gasteiger charge is -2.24. The van der Waals surface area contributed by atoms with Crippen LogP contribution in [0.25, 0.3) is 0 Å². The second kappa shape index (κ2) is 11.0. The summed E-state index contributed by atoms with van der Waals surface area (Å²) < 4.78 is 33.5. The average Bonchev–Trinajstić information content (AvgIpc) is 2.80. The van der Waals surface area contributed by atoms with Gasteiger partial charge in [0.1, 0.15) is 6.54 Å². The first kappa shape index (κ1) is 25.0. The van der Waals surface area contributed by atoms with Crippen molar-refractivity contribution in [2.45, 2.75) is 11.8 Å². The zero-order chi connectivity index (χ0) is 24.0. The quantitative estimate of drug-likeness (QED) is 0.293. The Balaban J connectivity index is 1.87. The molecule has 0 unspecified atom stereocenters. The standard InChI is InChI=1S/C23H20ClIN2O5S/c1-2-32-23(29)16-8-13-21(20(24)14-16)26-22(28)15-27(18-11-9-17(25)10-12-18)33(30,31)19-6-4-3-5-7-19/h3-14H,2,15H2,1H3,(H,26,28). The number of carbonyl (C=O) groups is 2. The molecule has 0 saturated carbocycles. The molecule has 1 amide bonds. The van der Waals surface area contributed by atoms with Crippen LogP contribution in [0.5, 0.6) is 0 Å². The van der Waals surface area contributed by atoms with Gasteiger partial charge < -0.3 is 10.1 Å². The summed E-state index contributed by atoms with van der Waals surface area (Å²) in [5.74, 6) is -1.13. The van der Waals surface area contributed by atoms with Crippen molar-refractivity contribution in [1.29, 1.82) is 0 Å².